The fraction of sp³-hybridized carbons (Fsp3) is 0.200. The van der Waals surface area contributed by atoms with Crippen LogP contribution in [0.1, 0.15) is 27.0 Å². The summed E-state index contributed by atoms with van der Waals surface area (Å²) < 4.78 is 0. The van der Waals surface area contributed by atoms with Gasteiger partial charge >= 0.3 is 0 Å². The number of aldehydes is 1. The number of benzene rings is 1. The number of aromatic nitrogens is 1. The third-order valence-corrected chi connectivity index (χ3v) is 3.35. The van der Waals surface area contributed by atoms with E-state index in [1.807, 2.05) is 13.0 Å². The molecule has 0 spiro atoms. The first-order valence-electron chi connectivity index (χ1n) is 6.01. The van der Waals surface area contributed by atoms with Gasteiger partial charge in [0.15, 0.2) is 6.29 Å². The predicted octanol–water partition coefficient (Wildman–Crippen LogP) is 2.72. The quantitative estimate of drug-likeness (QED) is 0.754. The van der Waals surface area contributed by atoms with Crippen molar-refractivity contribution in [1.82, 2.24) is 4.98 Å². The maximum atomic E-state index is 10.7. The number of aryl methyl sites for hydroxylation is 1. The first kappa shape index (κ1) is 11.0. The van der Waals surface area contributed by atoms with E-state index in [9.17, 15) is 4.79 Å². The summed E-state index contributed by atoms with van der Waals surface area (Å²) in [4.78, 5) is 17.4. The molecule has 0 N–H and O–H groups in total. The van der Waals surface area contributed by atoms with E-state index in [1.165, 1.54) is 11.1 Å². The van der Waals surface area contributed by atoms with Gasteiger partial charge in [0.25, 0.3) is 0 Å². The third-order valence-electron chi connectivity index (χ3n) is 3.35. The Morgan fingerprint density at radius 2 is 1.89 bits per heavy atom. The van der Waals surface area contributed by atoms with Crippen molar-refractivity contribution in [3.05, 3.63) is 58.8 Å². The summed E-state index contributed by atoms with van der Waals surface area (Å²) in [7, 11) is 0. The van der Waals surface area contributed by atoms with Crippen molar-refractivity contribution in [2.24, 2.45) is 0 Å². The molecule has 0 atom stereocenters. The molecule has 1 aliphatic rings. The van der Waals surface area contributed by atoms with Gasteiger partial charge in [-0.15, -0.1) is 0 Å². The standard InChI is InChI=1S/C15H14N2O/c1-11-6-12(10-18)7-16-15(11)17-8-13-4-2-3-5-14(13)9-17/h2-7,10H,8-9H2,1H3. The van der Waals surface area contributed by atoms with Crippen LogP contribution in [0.4, 0.5) is 5.82 Å². The maximum absolute atomic E-state index is 10.7. The first-order valence-corrected chi connectivity index (χ1v) is 6.01. The minimum atomic E-state index is 0.632. The lowest BCUT2D eigenvalue weighted by Gasteiger charge is -2.18. The summed E-state index contributed by atoms with van der Waals surface area (Å²) >= 11 is 0. The molecule has 1 aromatic heterocycles. The molecule has 3 nitrogen and oxygen atoms in total. The topological polar surface area (TPSA) is 33.2 Å². The monoisotopic (exact) mass is 238 g/mol. The van der Waals surface area contributed by atoms with Gasteiger partial charge in [-0.05, 0) is 29.7 Å². The molecule has 18 heavy (non-hydrogen) atoms. The second-order valence-electron chi connectivity index (χ2n) is 4.65. The molecule has 0 unspecified atom stereocenters. The van der Waals surface area contributed by atoms with E-state index in [2.05, 4.69) is 34.1 Å². The van der Waals surface area contributed by atoms with Crippen LogP contribution in [0.15, 0.2) is 36.5 Å². The highest BCUT2D eigenvalue weighted by Crippen LogP contribution is 2.28. The number of anilines is 1. The highest BCUT2D eigenvalue weighted by atomic mass is 16.1. The van der Waals surface area contributed by atoms with Gasteiger partial charge in [-0.25, -0.2) is 4.98 Å². The summed E-state index contributed by atoms with van der Waals surface area (Å²) in [6.45, 7) is 3.78. The van der Waals surface area contributed by atoms with Crippen molar-refractivity contribution < 1.29 is 4.79 Å². The van der Waals surface area contributed by atoms with Crippen LogP contribution in [0, 0.1) is 6.92 Å². The summed E-state index contributed by atoms with van der Waals surface area (Å²) in [5.41, 5.74) is 4.40. The highest BCUT2D eigenvalue weighted by molar-refractivity contribution is 5.75. The van der Waals surface area contributed by atoms with Crippen molar-refractivity contribution in [1.29, 1.82) is 0 Å². The van der Waals surface area contributed by atoms with Crippen LogP contribution in [0.25, 0.3) is 0 Å². The summed E-state index contributed by atoms with van der Waals surface area (Å²) in [6.07, 6.45) is 2.47. The van der Waals surface area contributed by atoms with Gasteiger partial charge in [-0.1, -0.05) is 24.3 Å². The zero-order chi connectivity index (χ0) is 12.5. The van der Waals surface area contributed by atoms with Crippen LogP contribution in [0.3, 0.4) is 0 Å². The van der Waals surface area contributed by atoms with Crippen molar-refractivity contribution in [2.75, 3.05) is 4.90 Å². The first-order chi connectivity index (χ1) is 8.78. The lowest BCUT2D eigenvalue weighted by Crippen LogP contribution is -2.17. The Bertz CT molecular complexity index is 582. The zero-order valence-electron chi connectivity index (χ0n) is 10.3. The number of nitrogens with zero attached hydrogens (tertiary/aromatic N) is 2. The summed E-state index contributed by atoms with van der Waals surface area (Å²) in [6, 6.07) is 10.3. The van der Waals surface area contributed by atoms with E-state index in [1.54, 1.807) is 6.20 Å². The van der Waals surface area contributed by atoms with Crippen LogP contribution in [0.5, 0.6) is 0 Å². The molecule has 2 heterocycles. The number of hydrogen-bond donors (Lipinski definition) is 0. The Balaban J connectivity index is 1.92. The molecule has 0 bridgehead atoms. The van der Waals surface area contributed by atoms with Crippen molar-refractivity contribution >= 4 is 12.1 Å². The molecule has 0 saturated carbocycles. The van der Waals surface area contributed by atoms with Gasteiger partial charge < -0.3 is 4.90 Å². The lowest BCUT2D eigenvalue weighted by atomic mass is 10.1. The number of carbonyl (C=O) groups excluding carboxylic acids is 1. The average Bonchev–Trinajstić information content (AvgIpc) is 2.81. The van der Waals surface area contributed by atoms with Gasteiger partial charge in [-0.2, -0.15) is 0 Å². The molecule has 2 aromatic rings. The minimum absolute atomic E-state index is 0.632. The van der Waals surface area contributed by atoms with Crippen molar-refractivity contribution in [3.8, 4) is 0 Å². The van der Waals surface area contributed by atoms with E-state index in [4.69, 9.17) is 0 Å². The molecule has 0 aliphatic carbocycles. The van der Waals surface area contributed by atoms with Crippen molar-refractivity contribution in [2.45, 2.75) is 20.0 Å². The number of fused-ring (bicyclic) bond motifs is 1. The minimum Gasteiger partial charge on any atom is -0.348 e. The van der Waals surface area contributed by atoms with Gasteiger partial charge in [0, 0.05) is 24.8 Å². The van der Waals surface area contributed by atoms with Crippen LogP contribution >= 0.6 is 0 Å². The van der Waals surface area contributed by atoms with Gasteiger partial charge in [0.05, 0.1) is 0 Å². The van der Waals surface area contributed by atoms with Gasteiger partial charge in [-0.3, -0.25) is 4.79 Å². The SMILES string of the molecule is Cc1cc(C=O)cnc1N1Cc2ccccc2C1. The predicted molar refractivity (Wildman–Crippen MR) is 70.7 cm³/mol. The fourth-order valence-corrected chi connectivity index (χ4v) is 2.47. The molecule has 1 aliphatic heterocycles. The highest BCUT2D eigenvalue weighted by Gasteiger charge is 2.20. The molecule has 0 amide bonds. The number of rotatable bonds is 2. The van der Waals surface area contributed by atoms with E-state index in [0.29, 0.717) is 5.56 Å². The summed E-state index contributed by atoms with van der Waals surface area (Å²) in [5, 5.41) is 0. The molecule has 3 rings (SSSR count). The van der Waals surface area contributed by atoms with Crippen LogP contribution < -0.4 is 4.90 Å². The van der Waals surface area contributed by atoms with Crippen LogP contribution in [-0.4, -0.2) is 11.3 Å². The smallest absolute Gasteiger partial charge is 0.151 e. The largest absolute Gasteiger partial charge is 0.348 e. The second kappa shape index (κ2) is 4.26. The van der Waals surface area contributed by atoms with E-state index in [-0.39, 0.29) is 0 Å². The normalized spacial score (nSPS) is 13.5. The average molecular weight is 238 g/mol. The number of hydrogen-bond acceptors (Lipinski definition) is 3. The Morgan fingerprint density at radius 3 is 2.44 bits per heavy atom. The number of pyridine rings is 1. The molecular formula is C15H14N2O. The molecule has 0 saturated heterocycles. The molecule has 0 fully saturated rings. The Labute approximate surface area is 106 Å². The summed E-state index contributed by atoms with van der Waals surface area (Å²) in [5.74, 6) is 0.969. The Hall–Kier alpha value is -2.16. The van der Waals surface area contributed by atoms with Crippen LogP contribution in [0.2, 0.25) is 0 Å². The van der Waals surface area contributed by atoms with E-state index in [0.717, 1.165) is 30.8 Å². The fourth-order valence-electron chi connectivity index (χ4n) is 2.47. The lowest BCUT2D eigenvalue weighted by molar-refractivity contribution is 0.112. The molecule has 1 aromatic carbocycles. The molecule has 3 heteroatoms. The van der Waals surface area contributed by atoms with Gasteiger partial charge in [0.1, 0.15) is 5.82 Å². The van der Waals surface area contributed by atoms with E-state index >= 15 is 0 Å². The third kappa shape index (κ3) is 1.78. The van der Waals surface area contributed by atoms with E-state index < -0.39 is 0 Å². The van der Waals surface area contributed by atoms with Crippen LogP contribution in [-0.2, 0) is 13.1 Å². The van der Waals surface area contributed by atoms with Crippen molar-refractivity contribution in [3.63, 3.8) is 0 Å². The number of carbonyl (C=O) groups is 1. The second-order valence-corrected chi connectivity index (χ2v) is 4.65. The Morgan fingerprint density at radius 1 is 1.22 bits per heavy atom. The van der Waals surface area contributed by atoms with Gasteiger partial charge in [0.2, 0.25) is 0 Å². The Kier molecular flexibility index (Phi) is 2.59. The zero-order valence-corrected chi connectivity index (χ0v) is 10.3. The molecular weight excluding hydrogens is 224 g/mol. The maximum Gasteiger partial charge on any atom is 0.151 e. The molecule has 0 radical (unpaired) electrons. The molecule has 90 valence electrons.